The average molecular weight is 257 g/mol. The van der Waals surface area contributed by atoms with Crippen molar-refractivity contribution in [1.82, 2.24) is 5.43 Å². The molecule has 1 amide bonds. The summed E-state index contributed by atoms with van der Waals surface area (Å²) in [5.41, 5.74) is 4.46. The van der Waals surface area contributed by atoms with Gasteiger partial charge in [0.15, 0.2) is 0 Å². The summed E-state index contributed by atoms with van der Waals surface area (Å²) in [5.74, 6) is 0.372. The van der Waals surface area contributed by atoms with Gasteiger partial charge in [0.05, 0.1) is 19.0 Å². The van der Waals surface area contributed by atoms with E-state index in [9.17, 15) is 4.79 Å². The van der Waals surface area contributed by atoms with E-state index < -0.39 is 0 Å². The van der Waals surface area contributed by atoms with E-state index >= 15 is 0 Å². The van der Waals surface area contributed by atoms with Crippen LogP contribution in [0.1, 0.15) is 11.3 Å². The summed E-state index contributed by atoms with van der Waals surface area (Å²) in [6, 6.07) is 11.3. The minimum Gasteiger partial charge on any atom is -0.463 e. The first-order valence-electron chi connectivity index (χ1n) is 5.90. The fourth-order valence-electron chi connectivity index (χ4n) is 1.51. The van der Waals surface area contributed by atoms with Crippen molar-refractivity contribution in [2.45, 2.75) is 6.92 Å². The van der Waals surface area contributed by atoms with Crippen molar-refractivity contribution in [2.75, 3.05) is 11.9 Å². The van der Waals surface area contributed by atoms with E-state index in [4.69, 9.17) is 4.42 Å². The van der Waals surface area contributed by atoms with Crippen molar-refractivity contribution >= 4 is 17.8 Å². The average Bonchev–Trinajstić information content (AvgIpc) is 2.90. The molecule has 2 rings (SSSR count). The Bertz CT molecular complexity index is 562. The molecule has 0 unspecified atom stereocenters. The Morgan fingerprint density at radius 2 is 2.26 bits per heavy atom. The summed E-state index contributed by atoms with van der Waals surface area (Å²) in [6.07, 6.45) is 2.99. The second-order valence-corrected chi connectivity index (χ2v) is 4.03. The zero-order chi connectivity index (χ0) is 13.5. The van der Waals surface area contributed by atoms with E-state index in [0.29, 0.717) is 5.76 Å². The molecule has 19 heavy (non-hydrogen) atoms. The normalized spacial score (nSPS) is 10.6. The van der Waals surface area contributed by atoms with E-state index in [-0.39, 0.29) is 12.5 Å². The van der Waals surface area contributed by atoms with Gasteiger partial charge in [-0.1, -0.05) is 12.1 Å². The molecule has 2 N–H and O–H groups in total. The predicted octanol–water partition coefficient (Wildman–Crippen LogP) is 2.15. The molecule has 0 aliphatic heterocycles. The highest BCUT2D eigenvalue weighted by Gasteiger charge is 1.99. The van der Waals surface area contributed by atoms with Gasteiger partial charge in [0.2, 0.25) is 0 Å². The first kappa shape index (κ1) is 12.9. The third kappa shape index (κ3) is 4.31. The van der Waals surface area contributed by atoms with Gasteiger partial charge in [0.1, 0.15) is 5.76 Å². The number of nitrogens with one attached hydrogen (secondary N) is 2. The number of hydrazone groups is 1. The number of hydrogen-bond donors (Lipinski definition) is 2. The molecular formula is C14H15N3O2. The van der Waals surface area contributed by atoms with Gasteiger partial charge in [-0.05, 0) is 36.8 Å². The molecule has 0 aliphatic carbocycles. The van der Waals surface area contributed by atoms with Crippen LogP contribution in [-0.4, -0.2) is 18.7 Å². The van der Waals surface area contributed by atoms with Gasteiger partial charge in [-0.25, -0.2) is 5.43 Å². The van der Waals surface area contributed by atoms with Crippen molar-refractivity contribution in [3.05, 3.63) is 54.0 Å². The lowest BCUT2D eigenvalue weighted by molar-refractivity contribution is -0.119. The molecule has 0 saturated carbocycles. The number of hydrogen-bond acceptors (Lipinski definition) is 4. The largest absolute Gasteiger partial charge is 0.463 e. The molecule has 0 radical (unpaired) electrons. The zero-order valence-electron chi connectivity index (χ0n) is 10.6. The van der Waals surface area contributed by atoms with Crippen molar-refractivity contribution in [1.29, 1.82) is 0 Å². The molecule has 0 bridgehead atoms. The van der Waals surface area contributed by atoms with E-state index in [1.165, 1.54) is 6.21 Å². The molecule has 5 heteroatoms. The second kappa shape index (κ2) is 6.39. The smallest absolute Gasteiger partial charge is 0.259 e. The maximum Gasteiger partial charge on any atom is 0.259 e. The second-order valence-electron chi connectivity index (χ2n) is 4.03. The van der Waals surface area contributed by atoms with Crippen molar-refractivity contribution in [2.24, 2.45) is 5.10 Å². The molecular weight excluding hydrogens is 242 g/mol. The third-order valence-corrected chi connectivity index (χ3v) is 2.40. The number of rotatable bonds is 5. The monoisotopic (exact) mass is 257 g/mol. The Balaban J connectivity index is 1.76. The first-order chi connectivity index (χ1) is 9.24. The summed E-state index contributed by atoms with van der Waals surface area (Å²) < 4.78 is 5.04. The van der Waals surface area contributed by atoms with Crippen LogP contribution in [0.3, 0.4) is 0 Å². The Morgan fingerprint density at radius 1 is 1.37 bits per heavy atom. The Hall–Kier alpha value is -2.56. The molecule has 1 aromatic carbocycles. The summed E-state index contributed by atoms with van der Waals surface area (Å²) in [7, 11) is 0. The number of aryl methyl sites for hydroxylation is 1. The lowest BCUT2D eigenvalue weighted by atomic mass is 10.2. The predicted molar refractivity (Wildman–Crippen MR) is 74.1 cm³/mol. The van der Waals surface area contributed by atoms with Crippen LogP contribution < -0.4 is 10.7 Å². The fourth-order valence-corrected chi connectivity index (χ4v) is 1.51. The van der Waals surface area contributed by atoms with Gasteiger partial charge in [-0.3, -0.25) is 4.79 Å². The molecule has 0 spiro atoms. The molecule has 1 aromatic heterocycles. The summed E-state index contributed by atoms with van der Waals surface area (Å²) in [6.45, 7) is 2.16. The quantitative estimate of drug-likeness (QED) is 0.637. The van der Waals surface area contributed by atoms with Gasteiger partial charge in [-0.15, -0.1) is 0 Å². The van der Waals surface area contributed by atoms with E-state index in [2.05, 4.69) is 15.8 Å². The number of anilines is 1. The van der Waals surface area contributed by atoms with Crippen LogP contribution in [0.15, 0.2) is 52.2 Å². The maximum absolute atomic E-state index is 11.5. The SMILES string of the molecule is Cc1cccc(NCC(=O)N/N=C\c2ccco2)c1. The summed E-state index contributed by atoms with van der Waals surface area (Å²) in [5, 5.41) is 6.80. The number of benzene rings is 1. The van der Waals surface area contributed by atoms with Crippen LogP contribution >= 0.6 is 0 Å². The minimum atomic E-state index is -0.218. The first-order valence-corrected chi connectivity index (χ1v) is 5.90. The van der Waals surface area contributed by atoms with Gasteiger partial charge >= 0.3 is 0 Å². The Kier molecular flexibility index (Phi) is 4.34. The molecule has 0 saturated heterocycles. The van der Waals surface area contributed by atoms with Gasteiger partial charge < -0.3 is 9.73 Å². The van der Waals surface area contributed by atoms with E-state index in [1.54, 1.807) is 18.4 Å². The van der Waals surface area contributed by atoms with Crippen molar-refractivity contribution < 1.29 is 9.21 Å². The Labute approximate surface area is 111 Å². The van der Waals surface area contributed by atoms with Crippen LogP contribution in [0.4, 0.5) is 5.69 Å². The standard InChI is InChI=1S/C14H15N3O2/c1-11-4-2-5-12(8-11)15-10-14(18)17-16-9-13-6-3-7-19-13/h2-9,15H,10H2,1H3,(H,17,18)/b16-9-. The van der Waals surface area contributed by atoms with Crippen LogP contribution in [0.2, 0.25) is 0 Å². The molecule has 0 aliphatic rings. The number of amides is 1. The lowest BCUT2D eigenvalue weighted by Crippen LogP contribution is -2.25. The summed E-state index contributed by atoms with van der Waals surface area (Å²) >= 11 is 0. The van der Waals surface area contributed by atoms with E-state index in [0.717, 1.165) is 11.3 Å². The molecule has 0 atom stereocenters. The van der Waals surface area contributed by atoms with Gasteiger partial charge in [0, 0.05) is 5.69 Å². The maximum atomic E-state index is 11.5. The Morgan fingerprint density at radius 3 is 3.00 bits per heavy atom. The van der Waals surface area contributed by atoms with Crippen LogP contribution in [0.25, 0.3) is 0 Å². The molecule has 1 heterocycles. The van der Waals surface area contributed by atoms with Crippen LogP contribution in [0.5, 0.6) is 0 Å². The zero-order valence-corrected chi connectivity index (χ0v) is 10.6. The summed E-state index contributed by atoms with van der Waals surface area (Å²) in [4.78, 5) is 11.5. The van der Waals surface area contributed by atoms with Crippen molar-refractivity contribution in [3.63, 3.8) is 0 Å². The molecule has 0 fully saturated rings. The topological polar surface area (TPSA) is 66.6 Å². The highest BCUT2D eigenvalue weighted by molar-refractivity contribution is 5.83. The highest BCUT2D eigenvalue weighted by Crippen LogP contribution is 2.08. The lowest BCUT2D eigenvalue weighted by Gasteiger charge is -2.05. The number of nitrogens with zero attached hydrogens (tertiary/aromatic N) is 1. The fraction of sp³-hybridized carbons (Fsp3) is 0.143. The van der Waals surface area contributed by atoms with Crippen molar-refractivity contribution in [3.8, 4) is 0 Å². The number of furan rings is 1. The molecule has 98 valence electrons. The van der Waals surface area contributed by atoms with Gasteiger partial charge in [0.25, 0.3) is 5.91 Å². The molecule has 2 aromatic rings. The number of carbonyl (C=O) groups excluding carboxylic acids is 1. The third-order valence-electron chi connectivity index (χ3n) is 2.40. The van der Waals surface area contributed by atoms with Crippen LogP contribution in [0, 0.1) is 6.92 Å². The molecule has 5 nitrogen and oxygen atoms in total. The number of carbonyl (C=O) groups is 1. The minimum absolute atomic E-state index is 0.166. The van der Waals surface area contributed by atoms with E-state index in [1.807, 2.05) is 31.2 Å². The van der Waals surface area contributed by atoms with Crippen LogP contribution in [-0.2, 0) is 4.79 Å². The van der Waals surface area contributed by atoms with Gasteiger partial charge in [-0.2, -0.15) is 5.10 Å². The highest BCUT2D eigenvalue weighted by atomic mass is 16.3.